The number of aryl methyl sites for hydroxylation is 1. The van der Waals surface area contributed by atoms with Gasteiger partial charge in [-0.3, -0.25) is 9.69 Å². The topological polar surface area (TPSA) is 37.7 Å². The number of methoxy groups -OCH3 is 1. The molecule has 5 nitrogen and oxygen atoms in total. The van der Waals surface area contributed by atoms with Gasteiger partial charge in [-0.05, 0) is 55.3 Å². The largest absolute Gasteiger partial charge is 0.385 e. The van der Waals surface area contributed by atoms with Crippen LogP contribution in [0.4, 0.5) is 0 Å². The predicted octanol–water partition coefficient (Wildman–Crippen LogP) is 3.03. The Morgan fingerprint density at radius 2 is 2.07 bits per heavy atom. The lowest BCUT2D eigenvalue weighted by Gasteiger charge is -2.39. The number of aromatic nitrogens is 1. The van der Waals surface area contributed by atoms with Crippen LogP contribution < -0.4 is 0 Å². The lowest BCUT2D eigenvalue weighted by atomic mass is 9.78. The van der Waals surface area contributed by atoms with E-state index in [1.807, 2.05) is 0 Å². The van der Waals surface area contributed by atoms with E-state index in [0.29, 0.717) is 5.91 Å². The second-order valence-electron chi connectivity index (χ2n) is 8.30. The van der Waals surface area contributed by atoms with Crippen LogP contribution in [-0.4, -0.2) is 60.2 Å². The normalized spacial score (nSPS) is 23.8. The summed E-state index contributed by atoms with van der Waals surface area (Å²) < 4.78 is 7.33. The maximum Gasteiger partial charge on any atom is 0.230 e. The van der Waals surface area contributed by atoms with E-state index in [2.05, 4.69) is 51.9 Å². The predicted molar refractivity (Wildman–Crippen MR) is 108 cm³/mol. The average molecular weight is 370 g/mol. The zero-order chi connectivity index (χ0) is 18.9. The number of amides is 1. The van der Waals surface area contributed by atoms with Gasteiger partial charge in [-0.1, -0.05) is 12.1 Å². The van der Waals surface area contributed by atoms with Crippen molar-refractivity contribution in [3.63, 3.8) is 0 Å². The van der Waals surface area contributed by atoms with Gasteiger partial charge in [-0.25, -0.2) is 0 Å². The highest BCUT2D eigenvalue weighted by atomic mass is 16.5. The number of carbonyl (C=O) groups excluding carboxylic acids is 1. The molecule has 5 heteroatoms. The van der Waals surface area contributed by atoms with Crippen LogP contribution in [0.25, 0.3) is 10.9 Å². The smallest absolute Gasteiger partial charge is 0.230 e. The number of hydrogen-bond donors (Lipinski definition) is 0. The molecule has 1 atom stereocenters. The first-order valence-electron chi connectivity index (χ1n) is 10.2. The first-order chi connectivity index (χ1) is 13.1. The molecule has 3 heterocycles. The lowest BCUT2D eigenvalue weighted by Crippen LogP contribution is -2.50. The molecule has 2 aliphatic heterocycles. The number of nitrogens with zero attached hydrogens (tertiary/aromatic N) is 3. The third-order valence-corrected chi connectivity index (χ3v) is 6.39. The zero-order valence-corrected chi connectivity index (χ0v) is 16.6. The molecule has 2 fully saturated rings. The first kappa shape index (κ1) is 18.5. The Bertz CT molecular complexity index is 815. The number of carbonyl (C=O) groups is 1. The van der Waals surface area contributed by atoms with E-state index in [1.165, 1.54) is 16.5 Å². The average Bonchev–Trinajstić information content (AvgIpc) is 3.24. The Balaban J connectivity index is 1.42. The third-order valence-electron chi connectivity index (χ3n) is 6.39. The number of piperidine rings is 1. The molecule has 27 heavy (non-hydrogen) atoms. The molecule has 146 valence electrons. The number of benzene rings is 1. The van der Waals surface area contributed by atoms with Gasteiger partial charge in [-0.15, -0.1) is 0 Å². The van der Waals surface area contributed by atoms with Crippen molar-refractivity contribution < 1.29 is 9.53 Å². The van der Waals surface area contributed by atoms with Gasteiger partial charge in [0.1, 0.15) is 0 Å². The Kier molecular flexibility index (Phi) is 5.24. The van der Waals surface area contributed by atoms with Crippen molar-refractivity contribution in [3.8, 4) is 0 Å². The minimum absolute atomic E-state index is 0.152. The molecule has 1 aromatic heterocycles. The Labute approximate surface area is 161 Å². The maximum absolute atomic E-state index is 13.2. The monoisotopic (exact) mass is 369 g/mol. The van der Waals surface area contributed by atoms with E-state index in [4.69, 9.17) is 4.74 Å². The minimum atomic E-state index is -0.152. The van der Waals surface area contributed by atoms with Gasteiger partial charge in [0.25, 0.3) is 0 Å². The fourth-order valence-electron chi connectivity index (χ4n) is 4.90. The first-order valence-corrected chi connectivity index (χ1v) is 10.2. The van der Waals surface area contributed by atoms with Gasteiger partial charge < -0.3 is 14.2 Å². The van der Waals surface area contributed by atoms with Crippen LogP contribution in [0.2, 0.25) is 0 Å². The molecule has 1 unspecified atom stereocenters. The van der Waals surface area contributed by atoms with Crippen molar-refractivity contribution in [3.05, 3.63) is 36.0 Å². The van der Waals surface area contributed by atoms with Crippen molar-refractivity contribution in [2.24, 2.45) is 12.5 Å². The van der Waals surface area contributed by atoms with E-state index in [1.54, 1.807) is 7.11 Å². The van der Waals surface area contributed by atoms with E-state index in [9.17, 15) is 4.79 Å². The molecular weight excluding hydrogens is 338 g/mol. The van der Waals surface area contributed by atoms with E-state index in [0.717, 1.165) is 65.0 Å². The van der Waals surface area contributed by atoms with Crippen LogP contribution >= 0.6 is 0 Å². The summed E-state index contributed by atoms with van der Waals surface area (Å²) in [6.07, 6.45) is 6.21. The number of hydrogen-bond acceptors (Lipinski definition) is 3. The molecule has 0 radical (unpaired) electrons. The second kappa shape index (κ2) is 7.64. The van der Waals surface area contributed by atoms with Crippen LogP contribution in [0.1, 0.15) is 31.2 Å². The molecule has 2 aliphatic rings. The molecule has 1 amide bonds. The Morgan fingerprint density at radius 3 is 2.93 bits per heavy atom. The summed E-state index contributed by atoms with van der Waals surface area (Å²) in [5.41, 5.74) is 2.46. The molecule has 0 aliphatic carbocycles. The minimum Gasteiger partial charge on any atom is -0.385 e. The molecular formula is C22H31N3O2. The van der Waals surface area contributed by atoms with Crippen LogP contribution in [-0.2, 0) is 23.1 Å². The van der Waals surface area contributed by atoms with Crippen molar-refractivity contribution in [2.45, 2.75) is 32.2 Å². The van der Waals surface area contributed by atoms with Gasteiger partial charge in [0.15, 0.2) is 0 Å². The summed E-state index contributed by atoms with van der Waals surface area (Å²) in [5.74, 6) is 0.380. The SMILES string of the molecule is COCCCN1CCCC2(CCN(Cc3ccc4ccn(C)c4c3)C2)C1=O. The number of fused-ring (bicyclic) bond motifs is 1. The molecule has 2 saturated heterocycles. The second-order valence-corrected chi connectivity index (χ2v) is 8.30. The molecule has 2 aromatic rings. The third kappa shape index (κ3) is 3.63. The summed E-state index contributed by atoms with van der Waals surface area (Å²) in [6, 6.07) is 8.88. The van der Waals surface area contributed by atoms with Crippen LogP contribution in [0.5, 0.6) is 0 Å². The van der Waals surface area contributed by atoms with Crippen molar-refractivity contribution >= 4 is 16.8 Å². The van der Waals surface area contributed by atoms with Gasteiger partial charge in [0, 0.05) is 58.7 Å². The Hall–Kier alpha value is -1.85. The standard InChI is InChI=1S/C22H31N3O2/c1-23-12-7-19-6-5-18(15-20(19)23)16-24-13-9-22(17-24)8-3-10-25(21(22)26)11-4-14-27-2/h5-7,12,15H,3-4,8-11,13-14,16-17H2,1-2H3. The highest BCUT2D eigenvalue weighted by molar-refractivity contribution is 5.84. The van der Waals surface area contributed by atoms with Gasteiger partial charge in [0.05, 0.1) is 5.41 Å². The van der Waals surface area contributed by atoms with Crippen molar-refractivity contribution in [2.75, 3.05) is 39.9 Å². The van der Waals surface area contributed by atoms with Gasteiger partial charge >= 0.3 is 0 Å². The highest BCUT2D eigenvalue weighted by Gasteiger charge is 2.47. The summed E-state index contributed by atoms with van der Waals surface area (Å²) in [4.78, 5) is 17.7. The van der Waals surface area contributed by atoms with Gasteiger partial charge in [0.2, 0.25) is 5.91 Å². The molecule has 1 aromatic carbocycles. The number of likely N-dealkylation sites (tertiary alicyclic amines) is 2. The molecule has 0 bridgehead atoms. The van der Waals surface area contributed by atoms with Crippen molar-refractivity contribution in [1.82, 2.24) is 14.4 Å². The number of ether oxygens (including phenoxy) is 1. The van der Waals surface area contributed by atoms with E-state index < -0.39 is 0 Å². The Morgan fingerprint density at radius 1 is 1.19 bits per heavy atom. The summed E-state index contributed by atoms with van der Waals surface area (Å²) in [7, 11) is 3.82. The summed E-state index contributed by atoms with van der Waals surface area (Å²) in [6.45, 7) is 5.32. The molecule has 4 rings (SSSR count). The van der Waals surface area contributed by atoms with E-state index >= 15 is 0 Å². The zero-order valence-electron chi connectivity index (χ0n) is 16.6. The maximum atomic E-state index is 13.2. The summed E-state index contributed by atoms with van der Waals surface area (Å²) >= 11 is 0. The number of rotatable bonds is 6. The lowest BCUT2D eigenvalue weighted by molar-refractivity contribution is -0.145. The quantitative estimate of drug-likeness (QED) is 0.735. The fraction of sp³-hybridized carbons (Fsp3) is 0.591. The highest BCUT2D eigenvalue weighted by Crippen LogP contribution is 2.40. The van der Waals surface area contributed by atoms with Crippen molar-refractivity contribution in [1.29, 1.82) is 0 Å². The molecule has 1 spiro atoms. The van der Waals surface area contributed by atoms with Crippen LogP contribution in [0, 0.1) is 5.41 Å². The molecule has 0 N–H and O–H groups in total. The summed E-state index contributed by atoms with van der Waals surface area (Å²) in [5, 5.41) is 1.29. The van der Waals surface area contributed by atoms with Gasteiger partial charge in [-0.2, -0.15) is 0 Å². The van der Waals surface area contributed by atoms with Crippen LogP contribution in [0.3, 0.4) is 0 Å². The van der Waals surface area contributed by atoms with E-state index in [-0.39, 0.29) is 5.41 Å². The fourth-order valence-corrected chi connectivity index (χ4v) is 4.90. The molecule has 0 saturated carbocycles. The van der Waals surface area contributed by atoms with Crippen LogP contribution in [0.15, 0.2) is 30.5 Å².